The van der Waals surface area contributed by atoms with Crippen molar-refractivity contribution >= 4 is 22.9 Å². The largest absolute Gasteiger partial charge is 0.326 e. The molecule has 0 saturated carbocycles. The number of carbonyl (C=O) groups excluding carboxylic acids is 1. The molecule has 1 amide bonds. The number of amides is 1. The molecule has 4 heteroatoms. The van der Waals surface area contributed by atoms with E-state index in [1.165, 1.54) is 16.0 Å². The van der Waals surface area contributed by atoms with Crippen molar-refractivity contribution in [2.45, 2.75) is 32.7 Å². The lowest BCUT2D eigenvalue weighted by molar-refractivity contribution is -0.115. The van der Waals surface area contributed by atoms with E-state index in [0.29, 0.717) is 6.42 Å². The molecule has 0 radical (unpaired) electrons. The minimum Gasteiger partial charge on any atom is -0.326 e. The summed E-state index contributed by atoms with van der Waals surface area (Å²) in [5, 5.41) is 8.68. The molecule has 0 aliphatic carbocycles. The van der Waals surface area contributed by atoms with Gasteiger partial charge in [-0.2, -0.15) is 0 Å². The number of nitrogens with one attached hydrogen (secondary N) is 2. The van der Waals surface area contributed by atoms with E-state index in [9.17, 15) is 4.79 Å². The maximum atomic E-state index is 11.5. The number of carbonyl (C=O) groups is 1. The number of hydrogen-bond donors (Lipinski definition) is 2. The molecule has 0 spiro atoms. The molecule has 1 aromatic heterocycles. The Morgan fingerprint density at radius 1 is 1.38 bits per heavy atom. The molecule has 2 N–H and O–H groups in total. The summed E-state index contributed by atoms with van der Waals surface area (Å²) in [6, 6.07) is 8.69. The van der Waals surface area contributed by atoms with Gasteiger partial charge in [-0.05, 0) is 54.1 Å². The standard InChI is InChI=1S/C17H20N2OS/c1-3-7-18-16(17-11(2)6-8-21-17)12-4-5-14-13(9-12)10-15(20)19-14/h4-6,8-9,16,18H,3,7,10H2,1-2H3,(H,19,20). The average molecular weight is 300 g/mol. The molecular formula is C17H20N2OS. The number of fused-ring (bicyclic) bond motifs is 1. The molecule has 0 saturated heterocycles. The smallest absolute Gasteiger partial charge is 0.228 e. The van der Waals surface area contributed by atoms with Gasteiger partial charge in [0.15, 0.2) is 0 Å². The number of anilines is 1. The lowest BCUT2D eigenvalue weighted by Crippen LogP contribution is -2.23. The molecule has 21 heavy (non-hydrogen) atoms. The van der Waals surface area contributed by atoms with Crippen molar-refractivity contribution in [3.05, 3.63) is 51.2 Å². The molecule has 0 fully saturated rings. The molecule has 1 unspecified atom stereocenters. The van der Waals surface area contributed by atoms with E-state index in [4.69, 9.17) is 0 Å². The van der Waals surface area contributed by atoms with Crippen LogP contribution in [0, 0.1) is 6.92 Å². The van der Waals surface area contributed by atoms with Gasteiger partial charge in [-0.25, -0.2) is 0 Å². The van der Waals surface area contributed by atoms with Gasteiger partial charge in [-0.15, -0.1) is 11.3 Å². The van der Waals surface area contributed by atoms with Crippen molar-refractivity contribution in [2.24, 2.45) is 0 Å². The summed E-state index contributed by atoms with van der Waals surface area (Å²) in [6.45, 7) is 5.32. The van der Waals surface area contributed by atoms with Gasteiger partial charge < -0.3 is 10.6 Å². The van der Waals surface area contributed by atoms with Gasteiger partial charge in [-0.1, -0.05) is 19.1 Å². The topological polar surface area (TPSA) is 41.1 Å². The van der Waals surface area contributed by atoms with Gasteiger partial charge >= 0.3 is 0 Å². The fourth-order valence-corrected chi connectivity index (χ4v) is 3.79. The summed E-state index contributed by atoms with van der Waals surface area (Å²) in [6.07, 6.45) is 1.60. The Hall–Kier alpha value is -1.65. The van der Waals surface area contributed by atoms with Crippen LogP contribution >= 0.6 is 11.3 Å². The van der Waals surface area contributed by atoms with Crippen LogP contribution in [0.25, 0.3) is 0 Å². The zero-order valence-corrected chi connectivity index (χ0v) is 13.2. The Morgan fingerprint density at radius 2 is 2.24 bits per heavy atom. The van der Waals surface area contributed by atoms with Crippen LogP contribution in [0.2, 0.25) is 0 Å². The molecule has 0 bridgehead atoms. The molecule has 2 heterocycles. The van der Waals surface area contributed by atoms with E-state index in [0.717, 1.165) is 24.2 Å². The van der Waals surface area contributed by atoms with Gasteiger partial charge in [0, 0.05) is 10.6 Å². The van der Waals surface area contributed by atoms with Crippen LogP contribution in [0.15, 0.2) is 29.6 Å². The lowest BCUT2D eigenvalue weighted by Gasteiger charge is -2.19. The van der Waals surface area contributed by atoms with Crippen molar-refractivity contribution in [3.8, 4) is 0 Å². The third kappa shape index (κ3) is 2.87. The average Bonchev–Trinajstić information content (AvgIpc) is 3.04. The Labute approximate surface area is 129 Å². The van der Waals surface area contributed by atoms with Crippen molar-refractivity contribution in [1.82, 2.24) is 5.32 Å². The van der Waals surface area contributed by atoms with Crippen LogP contribution in [0.1, 0.15) is 41.0 Å². The number of rotatable bonds is 5. The predicted octanol–water partition coefficient (Wildman–Crippen LogP) is 3.64. The first-order chi connectivity index (χ1) is 10.2. The van der Waals surface area contributed by atoms with Crippen LogP contribution in [-0.4, -0.2) is 12.5 Å². The second-order valence-electron chi connectivity index (χ2n) is 5.50. The van der Waals surface area contributed by atoms with E-state index in [1.54, 1.807) is 11.3 Å². The van der Waals surface area contributed by atoms with Gasteiger partial charge in [-0.3, -0.25) is 4.79 Å². The highest BCUT2D eigenvalue weighted by Crippen LogP contribution is 2.33. The summed E-state index contributed by atoms with van der Waals surface area (Å²) in [7, 11) is 0. The first kappa shape index (κ1) is 14.3. The summed E-state index contributed by atoms with van der Waals surface area (Å²) >= 11 is 1.79. The molecule has 1 aliphatic rings. The third-order valence-corrected chi connectivity index (χ3v) is 4.93. The highest BCUT2D eigenvalue weighted by Gasteiger charge is 2.22. The maximum Gasteiger partial charge on any atom is 0.228 e. The fourth-order valence-electron chi connectivity index (χ4n) is 2.76. The van der Waals surface area contributed by atoms with E-state index in [-0.39, 0.29) is 11.9 Å². The quantitative estimate of drug-likeness (QED) is 0.885. The van der Waals surface area contributed by atoms with Crippen LogP contribution in [-0.2, 0) is 11.2 Å². The Bertz CT molecular complexity index is 663. The summed E-state index contributed by atoms with van der Waals surface area (Å²) in [5.74, 6) is 0.0903. The first-order valence-corrected chi connectivity index (χ1v) is 8.27. The van der Waals surface area contributed by atoms with Crippen LogP contribution in [0.3, 0.4) is 0 Å². The minimum absolute atomic E-state index is 0.0903. The summed E-state index contributed by atoms with van der Waals surface area (Å²) in [5.41, 5.74) is 4.63. The van der Waals surface area contributed by atoms with Gasteiger partial charge in [0.25, 0.3) is 0 Å². The highest BCUT2D eigenvalue weighted by molar-refractivity contribution is 7.10. The number of thiophene rings is 1. The van der Waals surface area contributed by atoms with Crippen molar-refractivity contribution in [2.75, 3.05) is 11.9 Å². The molecule has 1 atom stereocenters. The second-order valence-corrected chi connectivity index (χ2v) is 6.44. The normalized spacial score (nSPS) is 14.9. The number of aryl methyl sites for hydroxylation is 1. The lowest BCUT2D eigenvalue weighted by atomic mass is 9.99. The van der Waals surface area contributed by atoms with Crippen molar-refractivity contribution < 1.29 is 4.79 Å². The number of hydrogen-bond acceptors (Lipinski definition) is 3. The van der Waals surface area contributed by atoms with E-state index in [2.05, 4.69) is 48.1 Å². The molecule has 1 aromatic carbocycles. The highest BCUT2D eigenvalue weighted by atomic mass is 32.1. The van der Waals surface area contributed by atoms with Crippen LogP contribution in [0.4, 0.5) is 5.69 Å². The summed E-state index contributed by atoms with van der Waals surface area (Å²) < 4.78 is 0. The van der Waals surface area contributed by atoms with E-state index < -0.39 is 0 Å². The monoisotopic (exact) mass is 300 g/mol. The molecule has 3 nitrogen and oxygen atoms in total. The van der Waals surface area contributed by atoms with E-state index >= 15 is 0 Å². The Kier molecular flexibility index (Phi) is 4.08. The van der Waals surface area contributed by atoms with Gasteiger partial charge in [0.1, 0.15) is 0 Å². The van der Waals surface area contributed by atoms with Crippen LogP contribution < -0.4 is 10.6 Å². The molecule has 3 rings (SSSR count). The van der Waals surface area contributed by atoms with Crippen molar-refractivity contribution in [3.63, 3.8) is 0 Å². The fraction of sp³-hybridized carbons (Fsp3) is 0.353. The zero-order valence-electron chi connectivity index (χ0n) is 12.4. The molecular weight excluding hydrogens is 280 g/mol. The Balaban J connectivity index is 1.95. The van der Waals surface area contributed by atoms with Gasteiger partial charge in [0.2, 0.25) is 5.91 Å². The number of benzene rings is 1. The molecule has 1 aliphatic heterocycles. The summed E-state index contributed by atoms with van der Waals surface area (Å²) in [4.78, 5) is 12.9. The third-order valence-electron chi connectivity index (χ3n) is 3.85. The van der Waals surface area contributed by atoms with Crippen molar-refractivity contribution in [1.29, 1.82) is 0 Å². The second kappa shape index (κ2) is 6.00. The minimum atomic E-state index is 0.0903. The van der Waals surface area contributed by atoms with E-state index in [1.807, 2.05) is 6.07 Å². The zero-order chi connectivity index (χ0) is 14.8. The molecule has 110 valence electrons. The Morgan fingerprint density at radius 3 is 2.95 bits per heavy atom. The molecule has 2 aromatic rings. The predicted molar refractivity (Wildman–Crippen MR) is 88.0 cm³/mol. The van der Waals surface area contributed by atoms with Gasteiger partial charge in [0.05, 0.1) is 12.5 Å². The SMILES string of the molecule is CCCNC(c1ccc2c(c1)CC(=O)N2)c1sccc1C. The maximum absolute atomic E-state index is 11.5. The first-order valence-electron chi connectivity index (χ1n) is 7.39. The van der Waals surface area contributed by atoms with Crippen LogP contribution in [0.5, 0.6) is 0 Å².